The lowest BCUT2D eigenvalue weighted by Crippen LogP contribution is -2.39. The Labute approximate surface area is 144 Å². The summed E-state index contributed by atoms with van der Waals surface area (Å²) < 4.78 is 0. The second-order valence-electron chi connectivity index (χ2n) is 5.38. The first-order chi connectivity index (χ1) is 11.9. The molecule has 8 nitrogen and oxygen atoms in total. The largest absolute Gasteiger partial charge is 0.334 e. The van der Waals surface area contributed by atoms with E-state index in [1.165, 1.54) is 24.3 Å². The molecule has 0 saturated carbocycles. The third-order valence-electron chi connectivity index (χ3n) is 3.32. The SMILES string of the molecule is Cc1ccc(CNC(=O)NCC(=O)Nc2cccc([N+](=O)[O-])c2)cc1. The lowest BCUT2D eigenvalue weighted by Gasteiger charge is -2.09. The number of rotatable bonds is 6. The highest BCUT2D eigenvalue weighted by Crippen LogP contribution is 2.16. The van der Waals surface area contributed by atoms with Crippen molar-refractivity contribution in [3.05, 3.63) is 69.8 Å². The molecule has 8 heteroatoms. The zero-order chi connectivity index (χ0) is 18.2. The van der Waals surface area contributed by atoms with Crippen LogP contribution in [0.3, 0.4) is 0 Å². The number of aryl methyl sites for hydroxylation is 1. The van der Waals surface area contributed by atoms with E-state index in [0.29, 0.717) is 12.2 Å². The van der Waals surface area contributed by atoms with Crippen LogP contribution in [0, 0.1) is 17.0 Å². The highest BCUT2D eigenvalue weighted by Gasteiger charge is 2.09. The maximum absolute atomic E-state index is 11.8. The molecular weight excluding hydrogens is 324 g/mol. The topological polar surface area (TPSA) is 113 Å². The van der Waals surface area contributed by atoms with E-state index in [4.69, 9.17) is 0 Å². The molecular formula is C17H18N4O4. The van der Waals surface area contributed by atoms with Gasteiger partial charge in [-0.05, 0) is 18.6 Å². The van der Waals surface area contributed by atoms with Crippen LogP contribution in [0.15, 0.2) is 48.5 Å². The number of nitrogens with one attached hydrogen (secondary N) is 3. The number of amides is 3. The average Bonchev–Trinajstić information content (AvgIpc) is 2.59. The molecule has 2 aromatic carbocycles. The fourth-order valence-corrected chi connectivity index (χ4v) is 2.01. The number of benzene rings is 2. The Kier molecular flexibility index (Phi) is 6.05. The Balaban J connectivity index is 1.75. The molecule has 0 aromatic heterocycles. The quantitative estimate of drug-likeness (QED) is 0.552. The van der Waals surface area contributed by atoms with E-state index in [0.717, 1.165) is 11.1 Å². The van der Waals surface area contributed by atoms with Gasteiger partial charge in [0.05, 0.1) is 11.5 Å². The normalized spacial score (nSPS) is 9.96. The number of nitro groups is 1. The van der Waals surface area contributed by atoms with Crippen LogP contribution in [0.1, 0.15) is 11.1 Å². The molecule has 3 N–H and O–H groups in total. The Morgan fingerprint density at radius 3 is 2.48 bits per heavy atom. The number of carbonyl (C=O) groups is 2. The Hall–Kier alpha value is -3.42. The van der Waals surface area contributed by atoms with Crippen molar-refractivity contribution in [2.45, 2.75) is 13.5 Å². The molecule has 0 bridgehead atoms. The number of nitrogens with zero attached hydrogens (tertiary/aromatic N) is 1. The summed E-state index contributed by atoms with van der Waals surface area (Å²) in [4.78, 5) is 33.6. The van der Waals surface area contributed by atoms with Crippen LogP contribution in [0.25, 0.3) is 0 Å². The van der Waals surface area contributed by atoms with Crippen molar-refractivity contribution in [1.82, 2.24) is 10.6 Å². The Bertz CT molecular complexity index is 774. The van der Waals surface area contributed by atoms with Crippen LogP contribution in [0.5, 0.6) is 0 Å². The van der Waals surface area contributed by atoms with E-state index in [-0.39, 0.29) is 12.2 Å². The molecule has 0 aliphatic heterocycles. The molecule has 0 aliphatic carbocycles. The maximum Gasteiger partial charge on any atom is 0.315 e. The van der Waals surface area contributed by atoms with Crippen LogP contribution in [0.4, 0.5) is 16.2 Å². The average molecular weight is 342 g/mol. The first-order valence-electron chi connectivity index (χ1n) is 7.55. The van der Waals surface area contributed by atoms with Gasteiger partial charge in [0.1, 0.15) is 0 Å². The molecule has 2 rings (SSSR count). The minimum Gasteiger partial charge on any atom is -0.334 e. The third-order valence-corrected chi connectivity index (χ3v) is 3.32. The molecule has 0 spiro atoms. The van der Waals surface area contributed by atoms with Gasteiger partial charge in [-0.2, -0.15) is 0 Å². The summed E-state index contributed by atoms with van der Waals surface area (Å²) in [6, 6.07) is 12.8. The highest BCUT2D eigenvalue weighted by molar-refractivity contribution is 5.94. The fraction of sp³-hybridized carbons (Fsp3) is 0.176. The van der Waals surface area contributed by atoms with Crippen molar-refractivity contribution < 1.29 is 14.5 Å². The lowest BCUT2D eigenvalue weighted by molar-refractivity contribution is -0.384. The van der Waals surface area contributed by atoms with Crippen LogP contribution >= 0.6 is 0 Å². The van der Waals surface area contributed by atoms with Gasteiger partial charge in [-0.3, -0.25) is 14.9 Å². The van der Waals surface area contributed by atoms with Gasteiger partial charge in [-0.1, -0.05) is 35.9 Å². The number of hydrogen-bond donors (Lipinski definition) is 3. The number of nitro benzene ring substituents is 1. The van der Waals surface area contributed by atoms with Crippen molar-refractivity contribution in [2.75, 3.05) is 11.9 Å². The molecule has 130 valence electrons. The van der Waals surface area contributed by atoms with E-state index in [1.807, 2.05) is 31.2 Å². The van der Waals surface area contributed by atoms with Crippen molar-refractivity contribution in [3.8, 4) is 0 Å². The zero-order valence-electron chi connectivity index (χ0n) is 13.6. The van der Waals surface area contributed by atoms with Crippen molar-refractivity contribution in [2.24, 2.45) is 0 Å². The first kappa shape index (κ1) is 17.9. The fourth-order valence-electron chi connectivity index (χ4n) is 2.01. The third kappa shape index (κ3) is 5.94. The predicted molar refractivity (Wildman–Crippen MR) is 93.1 cm³/mol. The number of anilines is 1. The second-order valence-corrected chi connectivity index (χ2v) is 5.38. The summed E-state index contributed by atoms with van der Waals surface area (Å²) in [7, 11) is 0. The Morgan fingerprint density at radius 2 is 1.80 bits per heavy atom. The molecule has 0 heterocycles. The van der Waals surface area contributed by atoms with Gasteiger partial charge in [-0.15, -0.1) is 0 Å². The molecule has 0 unspecified atom stereocenters. The van der Waals surface area contributed by atoms with E-state index < -0.39 is 16.9 Å². The van der Waals surface area contributed by atoms with Gasteiger partial charge < -0.3 is 16.0 Å². The molecule has 0 saturated heterocycles. The van der Waals surface area contributed by atoms with Crippen LogP contribution in [-0.2, 0) is 11.3 Å². The van der Waals surface area contributed by atoms with Crippen molar-refractivity contribution >= 4 is 23.3 Å². The molecule has 3 amide bonds. The van der Waals surface area contributed by atoms with Gasteiger partial charge in [0, 0.05) is 24.4 Å². The van der Waals surface area contributed by atoms with Gasteiger partial charge in [0.2, 0.25) is 5.91 Å². The van der Waals surface area contributed by atoms with Gasteiger partial charge in [0.25, 0.3) is 5.69 Å². The predicted octanol–water partition coefficient (Wildman–Crippen LogP) is 2.34. The van der Waals surface area contributed by atoms with E-state index in [2.05, 4.69) is 16.0 Å². The van der Waals surface area contributed by atoms with Crippen LogP contribution in [0.2, 0.25) is 0 Å². The van der Waals surface area contributed by atoms with Gasteiger partial charge >= 0.3 is 6.03 Å². The summed E-state index contributed by atoms with van der Waals surface area (Å²) >= 11 is 0. The van der Waals surface area contributed by atoms with Crippen LogP contribution < -0.4 is 16.0 Å². The molecule has 0 fully saturated rings. The summed E-state index contributed by atoms with van der Waals surface area (Å²) in [5.41, 5.74) is 2.25. The van der Waals surface area contributed by atoms with E-state index in [1.54, 1.807) is 0 Å². The molecule has 2 aromatic rings. The zero-order valence-corrected chi connectivity index (χ0v) is 13.6. The summed E-state index contributed by atoms with van der Waals surface area (Å²) in [6.45, 7) is 2.07. The molecule has 0 radical (unpaired) electrons. The van der Waals surface area contributed by atoms with E-state index in [9.17, 15) is 19.7 Å². The lowest BCUT2D eigenvalue weighted by atomic mass is 10.1. The molecule has 25 heavy (non-hydrogen) atoms. The number of carbonyl (C=O) groups excluding carboxylic acids is 2. The monoisotopic (exact) mass is 342 g/mol. The number of hydrogen-bond acceptors (Lipinski definition) is 4. The minimum atomic E-state index is -0.549. The number of non-ortho nitro benzene ring substituents is 1. The summed E-state index contributed by atoms with van der Waals surface area (Å²) in [6.07, 6.45) is 0. The first-order valence-corrected chi connectivity index (χ1v) is 7.55. The summed E-state index contributed by atoms with van der Waals surface area (Å²) in [5, 5.41) is 18.2. The maximum atomic E-state index is 11.8. The van der Waals surface area contributed by atoms with Crippen LogP contribution in [-0.4, -0.2) is 23.4 Å². The smallest absolute Gasteiger partial charge is 0.315 e. The number of urea groups is 1. The minimum absolute atomic E-state index is 0.124. The second kappa shape index (κ2) is 8.44. The Morgan fingerprint density at radius 1 is 1.08 bits per heavy atom. The van der Waals surface area contributed by atoms with Gasteiger partial charge in [-0.25, -0.2) is 4.79 Å². The molecule has 0 atom stereocenters. The van der Waals surface area contributed by atoms with Gasteiger partial charge in [0.15, 0.2) is 0 Å². The molecule has 0 aliphatic rings. The van der Waals surface area contributed by atoms with Crippen molar-refractivity contribution in [3.63, 3.8) is 0 Å². The van der Waals surface area contributed by atoms with Crippen molar-refractivity contribution in [1.29, 1.82) is 0 Å². The highest BCUT2D eigenvalue weighted by atomic mass is 16.6. The van der Waals surface area contributed by atoms with E-state index >= 15 is 0 Å². The summed E-state index contributed by atoms with van der Waals surface area (Å²) in [5.74, 6) is -0.481. The standard InChI is InChI=1S/C17H18N4O4/c1-12-5-7-13(8-6-12)10-18-17(23)19-11-16(22)20-14-3-2-4-15(9-14)21(24)25/h2-9H,10-11H2,1H3,(H,20,22)(H2,18,19,23).